The molecular formula is C31H46O9S2. The molecule has 0 saturated heterocycles. The average Bonchev–Trinajstić information content (AvgIpc) is 3.13. The molecular weight excluding hydrogens is 580 g/mol. The summed E-state index contributed by atoms with van der Waals surface area (Å²) in [7, 11) is -9.92. The zero-order valence-electron chi connectivity index (χ0n) is 25.6. The van der Waals surface area contributed by atoms with Gasteiger partial charge >= 0.3 is 20.8 Å². The average molecular weight is 627 g/mol. The molecule has 0 heterocycles. The Hall–Kier alpha value is -1.56. The van der Waals surface area contributed by atoms with E-state index in [2.05, 4.69) is 34.6 Å². The molecule has 5 aliphatic rings. The van der Waals surface area contributed by atoms with Gasteiger partial charge in [0.2, 0.25) is 0 Å². The van der Waals surface area contributed by atoms with Crippen LogP contribution in [0.2, 0.25) is 0 Å². The highest BCUT2D eigenvalue weighted by atomic mass is 32.3. The highest BCUT2D eigenvalue weighted by molar-refractivity contribution is 7.81. The lowest BCUT2D eigenvalue weighted by Gasteiger charge is -2.71. The number of hydrogen-bond donors (Lipinski definition) is 3. The van der Waals surface area contributed by atoms with Gasteiger partial charge in [-0.2, -0.15) is 16.8 Å². The first kappa shape index (κ1) is 30.5. The molecule has 0 radical (unpaired) electrons. The van der Waals surface area contributed by atoms with Crippen LogP contribution in [0.4, 0.5) is 0 Å². The van der Waals surface area contributed by atoms with Crippen LogP contribution < -0.4 is 8.37 Å². The molecule has 2 unspecified atom stereocenters. The Balaban J connectivity index is 1.45. The van der Waals surface area contributed by atoms with Gasteiger partial charge in [-0.1, -0.05) is 48.0 Å². The van der Waals surface area contributed by atoms with Gasteiger partial charge in [0, 0.05) is 22.6 Å². The minimum atomic E-state index is -4.99. The third-order valence-electron chi connectivity index (χ3n) is 13.6. The van der Waals surface area contributed by atoms with Crippen LogP contribution in [0.25, 0.3) is 0 Å². The van der Waals surface area contributed by atoms with Crippen molar-refractivity contribution in [3.05, 3.63) is 17.2 Å². The van der Waals surface area contributed by atoms with E-state index in [4.69, 9.17) is 8.37 Å². The highest BCUT2D eigenvalue weighted by Crippen LogP contribution is 2.76. The van der Waals surface area contributed by atoms with Crippen LogP contribution in [0.5, 0.6) is 17.2 Å². The smallest absolute Gasteiger partial charge is 0.446 e. The summed E-state index contributed by atoms with van der Waals surface area (Å²) in [5, 5.41) is 10.8. The summed E-state index contributed by atoms with van der Waals surface area (Å²) in [6.07, 6.45) is 10.2. The Morgan fingerprint density at radius 3 is 1.83 bits per heavy atom. The fraction of sp³-hybridized carbons (Fsp3) is 0.806. The molecule has 1 aromatic rings. The largest absolute Gasteiger partial charge is 0.504 e. The predicted molar refractivity (Wildman–Crippen MR) is 157 cm³/mol. The first-order chi connectivity index (χ1) is 19.2. The molecule has 0 amide bonds. The van der Waals surface area contributed by atoms with Crippen molar-refractivity contribution in [2.45, 2.75) is 111 Å². The van der Waals surface area contributed by atoms with Gasteiger partial charge in [0.05, 0.1) is 0 Å². The molecule has 9 nitrogen and oxygen atoms in total. The molecule has 5 aliphatic carbocycles. The maximum atomic E-state index is 11.9. The molecule has 0 bridgehead atoms. The summed E-state index contributed by atoms with van der Waals surface area (Å²) in [6.45, 7) is 14.4. The number of phenolic OH excluding ortho intramolecular Hbond substituents is 1. The normalized spacial score (nSPS) is 42.4. The lowest BCUT2D eigenvalue weighted by molar-refractivity contribution is -0.216. The fourth-order valence-electron chi connectivity index (χ4n) is 12.4. The van der Waals surface area contributed by atoms with Crippen molar-refractivity contribution in [3.63, 3.8) is 0 Å². The van der Waals surface area contributed by atoms with Crippen molar-refractivity contribution in [3.8, 4) is 17.2 Å². The van der Waals surface area contributed by atoms with Crippen molar-refractivity contribution in [2.75, 3.05) is 0 Å². The maximum Gasteiger partial charge on any atom is 0.446 e. The van der Waals surface area contributed by atoms with Gasteiger partial charge in [0.15, 0.2) is 17.2 Å². The van der Waals surface area contributed by atoms with E-state index < -0.39 is 37.7 Å². The van der Waals surface area contributed by atoms with Gasteiger partial charge in [-0.3, -0.25) is 9.11 Å². The second-order valence-electron chi connectivity index (χ2n) is 15.9. The zero-order valence-corrected chi connectivity index (χ0v) is 27.2. The summed E-state index contributed by atoms with van der Waals surface area (Å²) in [5.74, 6) is 0.356. The van der Waals surface area contributed by atoms with Gasteiger partial charge in [-0.15, -0.1) is 0 Å². The summed E-state index contributed by atoms with van der Waals surface area (Å²) < 4.78 is 76.3. The Kier molecular flexibility index (Phi) is 6.53. The molecule has 1 aromatic carbocycles. The van der Waals surface area contributed by atoms with Crippen LogP contribution in [-0.4, -0.2) is 31.0 Å². The molecule has 0 aliphatic heterocycles. The van der Waals surface area contributed by atoms with Crippen LogP contribution in [-0.2, 0) is 32.6 Å². The quantitative estimate of drug-likeness (QED) is 0.313. The molecule has 6 rings (SSSR count). The topological polar surface area (TPSA) is 147 Å². The molecule has 42 heavy (non-hydrogen) atoms. The van der Waals surface area contributed by atoms with E-state index in [9.17, 15) is 31.0 Å². The van der Waals surface area contributed by atoms with Crippen molar-refractivity contribution >= 4 is 20.8 Å². The van der Waals surface area contributed by atoms with E-state index in [1.54, 1.807) is 0 Å². The third kappa shape index (κ3) is 4.26. The van der Waals surface area contributed by atoms with Gasteiger partial charge < -0.3 is 13.5 Å². The van der Waals surface area contributed by atoms with Gasteiger partial charge in [0.25, 0.3) is 0 Å². The molecule has 11 heteroatoms. The second kappa shape index (κ2) is 9.01. The van der Waals surface area contributed by atoms with E-state index >= 15 is 0 Å². The van der Waals surface area contributed by atoms with E-state index in [1.807, 2.05) is 6.92 Å². The van der Waals surface area contributed by atoms with Crippen molar-refractivity contribution in [1.29, 1.82) is 0 Å². The molecule has 8 atom stereocenters. The predicted octanol–water partition coefficient (Wildman–Crippen LogP) is 6.64. The fourth-order valence-corrected chi connectivity index (χ4v) is 13.1. The summed E-state index contributed by atoms with van der Waals surface area (Å²) in [6, 6.07) is 0.943. The van der Waals surface area contributed by atoms with Crippen molar-refractivity contribution < 1.29 is 39.4 Å². The van der Waals surface area contributed by atoms with Crippen molar-refractivity contribution in [1.82, 2.24) is 0 Å². The van der Waals surface area contributed by atoms with Crippen LogP contribution >= 0.6 is 0 Å². The summed E-state index contributed by atoms with van der Waals surface area (Å²) in [4.78, 5) is 0. The number of benzene rings is 1. The molecule has 4 saturated carbocycles. The van der Waals surface area contributed by atoms with Gasteiger partial charge in [-0.25, -0.2) is 0 Å². The van der Waals surface area contributed by atoms with E-state index in [-0.39, 0.29) is 27.9 Å². The van der Waals surface area contributed by atoms with Gasteiger partial charge in [-0.05, 0) is 103 Å². The van der Waals surface area contributed by atoms with Crippen LogP contribution in [0.15, 0.2) is 6.07 Å². The minimum absolute atomic E-state index is 0.0286. The molecule has 3 N–H and O–H groups in total. The minimum Gasteiger partial charge on any atom is -0.504 e. The maximum absolute atomic E-state index is 11.9. The number of rotatable bonds is 4. The van der Waals surface area contributed by atoms with E-state index in [0.29, 0.717) is 47.1 Å². The standard InChI is InChI=1S/C31H46O9S2/c1-27(2)11-7-12-28(3)21(27)8-13-29(4)22(28)9-14-30(5)23(29)10-15-31(6)24(30)16-18-20(39-41(33,34)35)17-19(32)26(25(18)31)40-42(36,37)38/h17,21-24,32H,7-16H2,1-6H3,(H,33,34,35)(H,36,37,38)/t21-,22+,23-,24?,28-,29+,30-,31?/m0/s1. The second-order valence-corrected chi connectivity index (χ2v) is 18.0. The first-order valence-electron chi connectivity index (χ1n) is 15.4. The summed E-state index contributed by atoms with van der Waals surface area (Å²) in [5.41, 5.74) is 0.622. The number of hydrogen-bond acceptors (Lipinski definition) is 7. The van der Waals surface area contributed by atoms with Crippen LogP contribution in [0.1, 0.15) is 110 Å². The summed E-state index contributed by atoms with van der Waals surface area (Å²) >= 11 is 0. The Morgan fingerprint density at radius 1 is 0.714 bits per heavy atom. The molecule has 4 fully saturated rings. The van der Waals surface area contributed by atoms with Gasteiger partial charge in [0.1, 0.15) is 0 Å². The lowest BCUT2D eigenvalue weighted by Crippen LogP contribution is -2.64. The molecule has 0 aromatic heterocycles. The highest BCUT2D eigenvalue weighted by Gasteiger charge is 2.69. The van der Waals surface area contributed by atoms with E-state index in [1.165, 1.54) is 32.1 Å². The number of phenols is 1. The first-order valence-corrected chi connectivity index (χ1v) is 18.1. The molecule has 0 spiro atoms. The van der Waals surface area contributed by atoms with Crippen molar-refractivity contribution in [2.24, 2.45) is 45.3 Å². The molecule has 236 valence electrons. The zero-order chi connectivity index (χ0) is 30.9. The number of fused-ring (bicyclic) bond motifs is 9. The Morgan fingerprint density at radius 2 is 1.24 bits per heavy atom. The third-order valence-corrected chi connectivity index (χ3v) is 14.4. The van der Waals surface area contributed by atoms with E-state index in [0.717, 1.165) is 25.3 Å². The monoisotopic (exact) mass is 626 g/mol. The Bertz CT molecular complexity index is 1540. The lowest BCUT2D eigenvalue weighted by atomic mass is 9.34. The SMILES string of the molecule is CC12CC[C@H]3[C@]4(C)CC[C@H]5C(C)(C)CCC[C@]5(C)[C@H]4CC[C@]3(C)C1Cc1c(OS(=O)(=O)O)cc(O)c(OS(=O)(=O)O)c12. The number of aromatic hydroxyl groups is 1. The van der Waals surface area contributed by atoms with Crippen LogP contribution in [0, 0.1) is 45.3 Å². The van der Waals surface area contributed by atoms with Crippen LogP contribution in [0.3, 0.4) is 0 Å². The Labute approximate surface area is 250 Å².